The third-order valence-corrected chi connectivity index (χ3v) is 9.86. The summed E-state index contributed by atoms with van der Waals surface area (Å²) in [6.07, 6.45) is 3.71. The minimum atomic E-state index is -3.90. The number of rotatable bonds is 15. The first-order valence-corrected chi connectivity index (χ1v) is 18.0. The van der Waals surface area contributed by atoms with E-state index in [-0.39, 0.29) is 69.6 Å². The summed E-state index contributed by atoms with van der Waals surface area (Å²) < 4.78 is 75.3. The number of morpholine rings is 1. The molecule has 1 aliphatic heterocycles. The molecule has 0 amide bonds. The average Bonchev–Trinajstić information content (AvgIpc) is 3.87. The predicted molar refractivity (Wildman–Crippen MR) is 176 cm³/mol. The number of aromatic hydroxyl groups is 1. The van der Waals surface area contributed by atoms with Crippen molar-refractivity contribution in [2.75, 3.05) is 56.6 Å². The molecular weight excluding hydrogens is 711 g/mol. The molecule has 12 nitrogen and oxygen atoms in total. The summed E-state index contributed by atoms with van der Waals surface area (Å²) in [6, 6.07) is 7.76. The topological polar surface area (TPSA) is 142 Å². The fourth-order valence-electron chi connectivity index (χ4n) is 5.23. The van der Waals surface area contributed by atoms with Crippen LogP contribution in [0.15, 0.2) is 48.8 Å². The van der Waals surface area contributed by atoms with E-state index in [0.717, 1.165) is 35.8 Å². The van der Waals surface area contributed by atoms with Crippen molar-refractivity contribution in [3.8, 4) is 17.2 Å². The fraction of sp³-hybridized carbons (Fsp3) is 0.438. The summed E-state index contributed by atoms with van der Waals surface area (Å²) in [5, 5.41) is 22.6. The second-order valence-corrected chi connectivity index (χ2v) is 14.4. The van der Waals surface area contributed by atoms with Crippen LogP contribution in [0.3, 0.4) is 0 Å². The molecule has 0 spiro atoms. The Morgan fingerprint density at radius 1 is 1.12 bits per heavy atom. The van der Waals surface area contributed by atoms with Crippen LogP contribution in [0.25, 0.3) is 0 Å². The minimum Gasteiger partial charge on any atom is -0.619 e. The van der Waals surface area contributed by atoms with E-state index in [1.807, 2.05) is 4.90 Å². The number of carbonyl (C=O) groups excluding carboxylic acids is 1. The normalized spacial score (nSPS) is 16.0. The standard InChI is InChI=1S/C32H35Cl2F2N3O9S/c1-49(43,44)39(9-8-37-10-12-45-13-11-37)26-14-22(4-6-27(26)40)31(41)47-29(16-23-24(33)17-38(42)18-25(23)34)21-5-7-28(48-32(35)36)30(15-21)46-19-20-2-3-20/h4-7,14-15,17-18,20,29,32,40H,2-3,8-13,16,19H2,1H3. The Kier molecular flexibility index (Phi) is 11.9. The molecule has 1 atom stereocenters. The lowest BCUT2D eigenvalue weighted by molar-refractivity contribution is -0.605. The van der Waals surface area contributed by atoms with Gasteiger partial charge in [-0.15, -0.1) is 0 Å². The second-order valence-electron chi connectivity index (χ2n) is 11.7. The van der Waals surface area contributed by atoms with Gasteiger partial charge in [-0.25, -0.2) is 13.2 Å². The molecule has 1 saturated carbocycles. The van der Waals surface area contributed by atoms with Gasteiger partial charge in [0.2, 0.25) is 10.0 Å². The highest BCUT2D eigenvalue weighted by molar-refractivity contribution is 7.92. The average molecular weight is 747 g/mol. The number of ether oxygens (including phenoxy) is 4. The first-order valence-electron chi connectivity index (χ1n) is 15.4. The molecule has 0 radical (unpaired) electrons. The molecule has 5 rings (SSSR count). The summed E-state index contributed by atoms with van der Waals surface area (Å²) in [5.41, 5.74) is 0.344. The largest absolute Gasteiger partial charge is 0.619 e. The molecule has 1 aliphatic carbocycles. The Balaban J connectivity index is 1.47. The molecule has 2 aromatic carbocycles. The maximum Gasteiger partial charge on any atom is 0.387 e. The Bertz CT molecular complexity index is 1740. The van der Waals surface area contributed by atoms with E-state index in [4.69, 9.17) is 37.4 Å². The van der Waals surface area contributed by atoms with Gasteiger partial charge in [0.05, 0.1) is 37.3 Å². The lowest BCUT2D eigenvalue weighted by Crippen LogP contribution is -2.43. The smallest absolute Gasteiger partial charge is 0.387 e. The van der Waals surface area contributed by atoms with Crippen molar-refractivity contribution in [2.24, 2.45) is 5.92 Å². The number of phenols is 1. The first-order chi connectivity index (χ1) is 23.3. The molecule has 2 aliphatic rings. The molecule has 1 aromatic heterocycles. The van der Waals surface area contributed by atoms with Crippen molar-refractivity contribution in [3.63, 3.8) is 0 Å². The van der Waals surface area contributed by atoms with Crippen LogP contribution < -0.4 is 18.5 Å². The molecular formula is C32H35Cl2F2N3O9S. The number of aromatic nitrogens is 1. The van der Waals surface area contributed by atoms with Gasteiger partial charge in [0, 0.05) is 38.2 Å². The van der Waals surface area contributed by atoms with Crippen LogP contribution in [0.1, 0.15) is 40.4 Å². The van der Waals surface area contributed by atoms with E-state index in [1.165, 1.54) is 36.4 Å². The zero-order valence-electron chi connectivity index (χ0n) is 26.4. The summed E-state index contributed by atoms with van der Waals surface area (Å²) in [6.45, 7) is -0.245. The highest BCUT2D eigenvalue weighted by Gasteiger charge is 2.28. The number of benzene rings is 2. The van der Waals surface area contributed by atoms with Crippen LogP contribution in [-0.2, 0) is 25.9 Å². The van der Waals surface area contributed by atoms with Gasteiger partial charge in [-0.3, -0.25) is 9.21 Å². The van der Waals surface area contributed by atoms with E-state index in [2.05, 4.69) is 4.74 Å². The number of anilines is 1. The van der Waals surface area contributed by atoms with Crippen LogP contribution in [0, 0.1) is 11.1 Å². The number of sulfonamides is 1. The van der Waals surface area contributed by atoms with Crippen LogP contribution >= 0.6 is 23.2 Å². The molecule has 49 heavy (non-hydrogen) atoms. The van der Waals surface area contributed by atoms with Crippen molar-refractivity contribution in [1.82, 2.24) is 4.90 Å². The number of alkyl halides is 2. The van der Waals surface area contributed by atoms with Crippen molar-refractivity contribution in [2.45, 2.75) is 32.0 Å². The van der Waals surface area contributed by atoms with Gasteiger partial charge in [0.15, 0.2) is 23.9 Å². The molecule has 3 aromatic rings. The van der Waals surface area contributed by atoms with E-state index in [1.54, 1.807) is 0 Å². The van der Waals surface area contributed by atoms with E-state index >= 15 is 0 Å². The third kappa shape index (κ3) is 9.97. The number of carbonyl (C=O) groups is 1. The number of pyridine rings is 1. The summed E-state index contributed by atoms with van der Waals surface area (Å²) in [4.78, 5) is 15.8. The summed E-state index contributed by atoms with van der Waals surface area (Å²) in [7, 11) is -3.90. The zero-order valence-corrected chi connectivity index (χ0v) is 28.7. The maximum atomic E-state index is 13.7. The molecule has 0 bridgehead atoms. The predicted octanol–water partition coefficient (Wildman–Crippen LogP) is 4.96. The number of halogens is 4. The van der Waals surface area contributed by atoms with E-state index < -0.39 is 28.7 Å². The van der Waals surface area contributed by atoms with Gasteiger partial charge in [-0.2, -0.15) is 13.5 Å². The van der Waals surface area contributed by atoms with Crippen molar-refractivity contribution in [3.05, 3.63) is 80.7 Å². The van der Waals surface area contributed by atoms with Gasteiger partial charge >= 0.3 is 12.6 Å². The molecule has 1 saturated heterocycles. The zero-order chi connectivity index (χ0) is 35.3. The van der Waals surface area contributed by atoms with Crippen molar-refractivity contribution >= 4 is 44.9 Å². The molecule has 17 heteroatoms. The van der Waals surface area contributed by atoms with Gasteiger partial charge in [0.1, 0.15) is 21.9 Å². The molecule has 1 unspecified atom stereocenters. The Morgan fingerprint density at radius 3 is 2.45 bits per heavy atom. The maximum absolute atomic E-state index is 13.7. The highest BCUT2D eigenvalue weighted by atomic mass is 35.5. The Morgan fingerprint density at radius 2 is 1.82 bits per heavy atom. The third-order valence-electron chi connectivity index (χ3n) is 8.03. The molecule has 266 valence electrons. The van der Waals surface area contributed by atoms with Crippen LogP contribution in [-0.4, -0.2) is 83.3 Å². The monoisotopic (exact) mass is 745 g/mol. The number of nitrogens with zero attached hydrogens (tertiary/aromatic N) is 3. The molecule has 2 heterocycles. The fourth-order valence-corrected chi connectivity index (χ4v) is 6.75. The summed E-state index contributed by atoms with van der Waals surface area (Å²) in [5.74, 6) is -1.22. The first kappa shape index (κ1) is 36.6. The highest BCUT2D eigenvalue weighted by Crippen LogP contribution is 2.38. The second kappa shape index (κ2) is 15.9. The van der Waals surface area contributed by atoms with Gasteiger partial charge in [-0.1, -0.05) is 29.3 Å². The Hall–Kier alpha value is -3.63. The number of hydrogen-bond acceptors (Lipinski definition) is 10. The number of phenolic OH excluding ortho intramolecular Hbond substituents is 1. The van der Waals surface area contributed by atoms with E-state index in [0.29, 0.717) is 43.1 Å². The van der Waals surface area contributed by atoms with Crippen molar-refractivity contribution < 1.29 is 50.8 Å². The van der Waals surface area contributed by atoms with Crippen molar-refractivity contribution in [1.29, 1.82) is 0 Å². The quantitative estimate of drug-likeness (QED) is 0.129. The van der Waals surface area contributed by atoms with Gasteiger partial charge in [-0.05, 0) is 54.7 Å². The van der Waals surface area contributed by atoms with Crippen LogP contribution in [0.2, 0.25) is 10.0 Å². The number of hydrogen-bond donors (Lipinski definition) is 1. The molecule has 1 N–H and O–H groups in total. The summed E-state index contributed by atoms with van der Waals surface area (Å²) >= 11 is 12.7. The van der Waals surface area contributed by atoms with Gasteiger partial charge < -0.3 is 29.3 Å². The van der Waals surface area contributed by atoms with Gasteiger partial charge in [0.25, 0.3) is 0 Å². The van der Waals surface area contributed by atoms with E-state index in [9.17, 15) is 32.3 Å². The minimum absolute atomic E-state index is 0.00406. The Labute approximate surface area is 292 Å². The lowest BCUT2D eigenvalue weighted by atomic mass is 10.0. The number of esters is 1. The molecule has 2 fully saturated rings. The van der Waals surface area contributed by atoms with Crippen LogP contribution in [0.5, 0.6) is 17.2 Å². The lowest BCUT2D eigenvalue weighted by Gasteiger charge is -2.30. The van der Waals surface area contributed by atoms with Crippen LogP contribution in [0.4, 0.5) is 14.5 Å². The SMILES string of the molecule is CS(=O)(=O)N(CCN1CCOCC1)c1cc(C(=O)OC(Cc2c(Cl)c[n+]([O-])cc2Cl)c2ccc(OC(F)F)c(OCC3CC3)c2)ccc1O.